The quantitative estimate of drug-likeness (QED) is 0.703. The number of hydrogen-bond donors (Lipinski definition) is 3. The SMILES string of the molecule is NC(=O)c1cc2c(nc1N1CC(O)CC1C(=O)O)CCC2. The number of hydrogen-bond acceptors (Lipinski definition) is 5. The van der Waals surface area contributed by atoms with E-state index in [4.69, 9.17) is 5.73 Å². The number of rotatable bonds is 3. The third-order valence-corrected chi connectivity index (χ3v) is 4.13. The first-order valence-electron chi connectivity index (χ1n) is 6.97. The number of anilines is 1. The highest BCUT2D eigenvalue weighted by atomic mass is 16.4. The number of carboxylic acids is 1. The van der Waals surface area contributed by atoms with E-state index in [0.29, 0.717) is 0 Å². The second-order valence-corrected chi connectivity index (χ2v) is 5.58. The molecule has 1 aromatic heterocycles. The molecular formula is C14H17N3O4. The molecule has 1 aliphatic carbocycles. The van der Waals surface area contributed by atoms with E-state index in [-0.39, 0.29) is 24.3 Å². The molecule has 2 unspecified atom stereocenters. The third-order valence-electron chi connectivity index (χ3n) is 4.13. The van der Waals surface area contributed by atoms with Gasteiger partial charge in [-0.2, -0.15) is 0 Å². The van der Waals surface area contributed by atoms with Gasteiger partial charge in [0.1, 0.15) is 11.9 Å². The Morgan fingerprint density at radius 2 is 2.14 bits per heavy atom. The van der Waals surface area contributed by atoms with Crippen LogP contribution in [0.15, 0.2) is 6.07 Å². The minimum Gasteiger partial charge on any atom is -0.480 e. The second kappa shape index (κ2) is 5.00. The van der Waals surface area contributed by atoms with E-state index < -0.39 is 24.0 Å². The van der Waals surface area contributed by atoms with Crippen LogP contribution >= 0.6 is 0 Å². The van der Waals surface area contributed by atoms with Crippen molar-refractivity contribution < 1.29 is 19.8 Å². The number of fused-ring (bicyclic) bond motifs is 1. The number of aliphatic carboxylic acids is 1. The molecule has 2 heterocycles. The van der Waals surface area contributed by atoms with Crippen LogP contribution in [0.5, 0.6) is 0 Å². The zero-order chi connectivity index (χ0) is 15.1. The largest absolute Gasteiger partial charge is 0.480 e. The molecule has 0 spiro atoms. The Hall–Kier alpha value is -2.15. The van der Waals surface area contributed by atoms with Gasteiger partial charge in [-0.1, -0.05) is 0 Å². The predicted molar refractivity (Wildman–Crippen MR) is 74.2 cm³/mol. The van der Waals surface area contributed by atoms with Crippen molar-refractivity contribution in [3.63, 3.8) is 0 Å². The highest BCUT2D eigenvalue weighted by Gasteiger charge is 2.38. The zero-order valence-corrected chi connectivity index (χ0v) is 11.5. The maximum atomic E-state index is 11.7. The molecule has 21 heavy (non-hydrogen) atoms. The lowest BCUT2D eigenvalue weighted by Gasteiger charge is -2.24. The van der Waals surface area contributed by atoms with Gasteiger partial charge in [-0.05, 0) is 30.9 Å². The van der Waals surface area contributed by atoms with Crippen molar-refractivity contribution in [1.82, 2.24) is 4.98 Å². The molecule has 112 valence electrons. The first-order chi connectivity index (χ1) is 9.97. The summed E-state index contributed by atoms with van der Waals surface area (Å²) in [6, 6.07) is 0.835. The monoisotopic (exact) mass is 291 g/mol. The van der Waals surface area contributed by atoms with Crippen molar-refractivity contribution in [2.75, 3.05) is 11.4 Å². The number of aliphatic hydroxyl groups is 1. The first-order valence-corrected chi connectivity index (χ1v) is 6.97. The lowest BCUT2D eigenvalue weighted by molar-refractivity contribution is -0.138. The molecule has 3 rings (SSSR count). The van der Waals surface area contributed by atoms with Gasteiger partial charge in [0.25, 0.3) is 5.91 Å². The topological polar surface area (TPSA) is 117 Å². The average Bonchev–Trinajstić information content (AvgIpc) is 3.02. The Balaban J connectivity index is 2.08. The van der Waals surface area contributed by atoms with Gasteiger partial charge in [-0.15, -0.1) is 0 Å². The van der Waals surface area contributed by atoms with E-state index in [1.165, 1.54) is 4.90 Å². The van der Waals surface area contributed by atoms with Gasteiger partial charge < -0.3 is 20.8 Å². The fraction of sp³-hybridized carbons (Fsp3) is 0.500. The van der Waals surface area contributed by atoms with Crippen molar-refractivity contribution in [2.24, 2.45) is 5.73 Å². The maximum Gasteiger partial charge on any atom is 0.326 e. The van der Waals surface area contributed by atoms with Crippen molar-refractivity contribution in [1.29, 1.82) is 0 Å². The van der Waals surface area contributed by atoms with Crippen molar-refractivity contribution in [3.8, 4) is 0 Å². The van der Waals surface area contributed by atoms with E-state index in [2.05, 4.69) is 4.98 Å². The van der Waals surface area contributed by atoms with Gasteiger partial charge in [-0.25, -0.2) is 9.78 Å². The molecule has 1 fully saturated rings. The van der Waals surface area contributed by atoms with Crippen LogP contribution in [0.2, 0.25) is 0 Å². The van der Waals surface area contributed by atoms with Gasteiger partial charge >= 0.3 is 5.97 Å². The van der Waals surface area contributed by atoms with Crippen LogP contribution < -0.4 is 10.6 Å². The highest BCUT2D eigenvalue weighted by molar-refractivity contribution is 5.99. The molecule has 1 amide bonds. The summed E-state index contributed by atoms with van der Waals surface area (Å²) in [5, 5.41) is 19.0. The normalized spacial score (nSPS) is 24.1. The number of carbonyl (C=O) groups excluding carboxylic acids is 1. The Labute approximate surface area is 121 Å². The van der Waals surface area contributed by atoms with Crippen molar-refractivity contribution in [2.45, 2.75) is 37.8 Å². The minimum atomic E-state index is -1.04. The number of nitrogens with two attached hydrogens (primary N) is 1. The molecule has 0 bridgehead atoms. The van der Waals surface area contributed by atoms with Crippen LogP contribution in [-0.4, -0.2) is 45.8 Å². The minimum absolute atomic E-state index is 0.117. The number of amides is 1. The zero-order valence-electron chi connectivity index (χ0n) is 11.5. The van der Waals surface area contributed by atoms with Crippen molar-refractivity contribution in [3.05, 3.63) is 22.9 Å². The summed E-state index contributed by atoms with van der Waals surface area (Å²) in [5.74, 6) is -1.38. The standard InChI is InChI=1S/C14H17N3O4/c15-12(19)9-4-7-2-1-3-10(7)16-13(9)17-6-8(18)5-11(17)14(20)21/h4,8,11,18H,1-3,5-6H2,(H2,15,19)(H,20,21). The Morgan fingerprint density at radius 1 is 1.38 bits per heavy atom. The molecule has 0 radical (unpaired) electrons. The molecular weight excluding hydrogens is 274 g/mol. The molecule has 1 aliphatic heterocycles. The number of aryl methyl sites for hydroxylation is 2. The Morgan fingerprint density at radius 3 is 2.81 bits per heavy atom. The Kier molecular flexibility index (Phi) is 3.29. The van der Waals surface area contributed by atoms with E-state index in [9.17, 15) is 19.8 Å². The van der Waals surface area contributed by atoms with Gasteiger partial charge in [0.05, 0.1) is 11.7 Å². The van der Waals surface area contributed by atoms with Crippen LogP contribution in [0.3, 0.4) is 0 Å². The summed E-state index contributed by atoms with van der Waals surface area (Å²) in [6.45, 7) is 0.142. The molecule has 4 N–H and O–H groups in total. The Bertz CT molecular complexity index is 616. The van der Waals surface area contributed by atoms with Crippen LogP contribution in [0.4, 0.5) is 5.82 Å². The molecule has 7 heteroatoms. The summed E-state index contributed by atoms with van der Waals surface area (Å²) in [4.78, 5) is 29.0. The maximum absolute atomic E-state index is 11.7. The number of nitrogens with zero attached hydrogens (tertiary/aromatic N) is 2. The number of pyridine rings is 1. The van der Waals surface area contributed by atoms with E-state index in [0.717, 1.165) is 30.5 Å². The summed E-state index contributed by atoms with van der Waals surface area (Å²) in [6.07, 6.45) is 2.01. The molecule has 2 aliphatic rings. The van der Waals surface area contributed by atoms with Crippen LogP contribution in [0.25, 0.3) is 0 Å². The summed E-state index contributed by atoms with van der Waals surface area (Å²) < 4.78 is 0. The fourth-order valence-electron chi connectivity index (χ4n) is 3.14. The summed E-state index contributed by atoms with van der Waals surface area (Å²) in [5.41, 5.74) is 7.54. The van der Waals surface area contributed by atoms with Gasteiger partial charge in [0, 0.05) is 18.7 Å². The predicted octanol–water partition coefficient (Wildman–Crippen LogP) is -0.307. The number of primary amides is 1. The molecule has 0 aromatic carbocycles. The number of β-amino-alcohol motifs (C(OH)–C–C–N with tert-alkyl or cyclic N) is 1. The van der Waals surface area contributed by atoms with Gasteiger partial charge in [0.15, 0.2) is 0 Å². The van der Waals surface area contributed by atoms with E-state index in [1.54, 1.807) is 6.07 Å². The van der Waals surface area contributed by atoms with E-state index in [1.807, 2.05) is 0 Å². The van der Waals surface area contributed by atoms with Crippen LogP contribution in [-0.2, 0) is 17.6 Å². The van der Waals surface area contributed by atoms with E-state index >= 15 is 0 Å². The van der Waals surface area contributed by atoms with Gasteiger partial charge in [-0.3, -0.25) is 4.79 Å². The summed E-state index contributed by atoms with van der Waals surface area (Å²) >= 11 is 0. The molecule has 2 atom stereocenters. The molecule has 0 saturated carbocycles. The average molecular weight is 291 g/mol. The molecule has 7 nitrogen and oxygen atoms in total. The smallest absolute Gasteiger partial charge is 0.326 e. The van der Waals surface area contributed by atoms with Crippen LogP contribution in [0.1, 0.15) is 34.5 Å². The molecule has 1 saturated heterocycles. The molecule has 1 aromatic rings. The first kappa shape index (κ1) is 13.8. The lowest BCUT2D eigenvalue weighted by Crippen LogP contribution is -2.38. The summed E-state index contributed by atoms with van der Waals surface area (Å²) in [7, 11) is 0. The number of carboxylic acid groups (broad SMARTS) is 1. The second-order valence-electron chi connectivity index (χ2n) is 5.58. The van der Waals surface area contributed by atoms with Crippen LogP contribution in [0, 0.1) is 0 Å². The number of carbonyl (C=O) groups is 2. The lowest BCUT2D eigenvalue weighted by atomic mass is 10.1. The fourth-order valence-corrected chi connectivity index (χ4v) is 3.14. The van der Waals surface area contributed by atoms with Crippen molar-refractivity contribution >= 4 is 17.7 Å². The number of aromatic nitrogens is 1. The highest BCUT2D eigenvalue weighted by Crippen LogP contribution is 2.31. The van der Waals surface area contributed by atoms with Gasteiger partial charge in [0.2, 0.25) is 0 Å². The third kappa shape index (κ3) is 2.33. The number of aliphatic hydroxyl groups excluding tert-OH is 1.